The third-order valence-electron chi connectivity index (χ3n) is 3.85. The van der Waals surface area contributed by atoms with Crippen LogP contribution in [0.15, 0.2) is 6.20 Å². The first-order valence-corrected chi connectivity index (χ1v) is 6.89. The van der Waals surface area contributed by atoms with Gasteiger partial charge in [-0.1, -0.05) is 11.6 Å². The minimum Gasteiger partial charge on any atom is -0.368 e. The maximum Gasteiger partial charge on any atom is 0.222 e. The molecule has 18 heavy (non-hydrogen) atoms. The molecule has 0 aromatic carbocycles. The fourth-order valence-electron chi connectivity index (χ4n) is 2.99. The van der Waals surface area contributed by atoms with E-state index in [1.54, 1.807) is 6.20 Å². The minimum absolute atomic E-state index is 0.293. The second kappa shape index (κ2) is 4.90. The Balaban J connectivity index is 1.84. The first-order valence-electron chi connectivity index (χ1n) is 6.51. The number of nitrogens with two attached hydrogens (primary N) is 1. The third-order valence-corrected chi connectivity index (χ3v) is 4.11. The van der Waals surface area contributed by atoms with Crippen LogP contribution in [0, 0.1) is 0 Å². The summed E-state index contributed by atoms with van der Waals surface area (Å²) in [5, 5.41) is 0.593. The smallest absolute Gasteiger partial charge is 0.222 e. The first kappa shape index (κ1) is 12.0. The number of fused-ring (bicyclic) bond motifs is 1. The molecule has 6 heteroatoms. The Bertz CT molecular complexity index is 438. The van der Waals surface area contributed by atoms with Gasteiger partial charge in [-0.25, -0.2) is 4.98 Å². The van der Waals surface area contributed by atoms with E-state index in [1.807, 2.05) is 0 Å². The molecule has 1 aromatic rings. The summed E-state index contributed by atoms with van der Waals surface area (Å²) >= 11 is 6.19. The maximum absolute atomic E-state index is 6.19. The average Bonchev–Trinajstić information content (AvgIpc) is 2.70. The summed E-state index contributed by atoms with van der Waals surface area (Å²) < 4.78 is 0. The van der Waals surface area contributed by atoms with Crippen molar-refractivity contribution in [2.75, 3.05) is 36.8 Å². The molecule has 2 saturated heterocycles. The second-order valence-electron chi connectivity index (χ2n) is 5.03. The summed E-state index contributed by atoms with van der Waals surface area (Å²) in [6.07, 6.45) is 5.32. The van der Waals surface area contributed by atoms with Crippen LogP contribution in [0.2, 0.25) is 5.02 Å². The number of rotatable bonds is 1. The Morgan fingerprint density at radius 1 is 1.28 bits per heavy atom. The van der Waals surface area contributed by atoms with Gasteiger partial charge in [-0.15, -0.1) is 0 Å². The zero-order valence-corrected chi connectivity index (χ0v) is 11.1. The van der Waals surface area contributed by atoms with Crippen LogP contribution < -0.4 is 10.6 Å². The van der Waals surface area contributed by atoms with Crippen LogP contribution in [0.5, 0.6) is 0 Å². The van der Waals surface area contributed by atoms with Gasteiger partial charge in [0.1, 0.15) is 5.02 Å². The molecular weight excluding hydrogens is 250 g/mol. The number of nitrogen functional groups attached to an aromatic ring is 1. The molecule has 1 atom stereocenters. The van der Waals surface area contributed by atoms with Crippen LogP contribution in [0.1, 0.15) is 19.3 Å². The number of halogens is 1. The van der Waals surface area contributed by atoms with Crippen LogP contribution in [-0.4, -0.2) is 47.1 Å². The Kier molecular flexibility index (Phi) is 3.26. The van der Waals surface area contributed by atoms with Crippen molar-refractivity contribution in [2.24, 2.45) is 0 Å². The largest absolute Gasteiger partial charge is 0.368 e. The van der Waals surface area contributed by atoms with Crippen LogP contribution in [-0.2, 0) is 0 Å². The van der Waals surface area contributed by atoms with Gasteiger partial charge in [-0.2, -0.15) is 4.98 Å². The van der Waals surface area contributed by atoms with Crippen molar-refractivity contribution in [2.45, 2.75) is 25.3 Å². The predicted molar refractivity (Wildman–Crippen MR) is 72.9 cm³/mol. The van der Waals surface area contributed by atoms with Gasteiger partial charge in [0.25, 0.3) is 0 Å². The van der Waals surface area contributed by atoms with Crippen molar-refractivity contribution >= 4 is 23.4 Å². The van der Waals surface area contributed by atoms with E-state index in [-0.39, 0.29) is 0 Å². The van der Waals surface area contributed by atoms with Gasteiger partial charge in [-0.3, -0.25) is 4.90 Å². The normalized spacial score (nSPS) is 24.9. The van der Waals surface area contributed by atoms with Crippen LogP contribution in [0.25, 0.3) is 0 Å². The molecule has 2 fully saturated rings. The second-order valence-corrected chi connectivity index (χ2v) is 5.44. The fourth-order valence-corrected chi connectivity index (χ4v) is 3.20. The highest BCUT2D eigenvalue weighted by Gasteiger charge is 2.29. The SMILES string of the molecule is Nc1ncc(Cl)c(N2CCCN3CCCC3C2)n1. The molecule has 5 nitrogen and oxygen atoms in total. The number of anilines is 2. The summed E-state index contributed by atoms with van der Waals surface area (Å²) in [7, 11) is 0. The number of nitrogens with zero attached hydrogens (tertiary/aromatic N) is 4. The lowest BCUT2D eigenvalue weighted by molar-refractivity contribution is 0.273. The van der Waals surface area contributed by atoms with Gasteiger partial charge in [0.05, 0.1) is 6.20 Å². The molecule has 0 bridgehead atoms. The monoisotopic (exact) mass is 267 g/mol. The van der Waals surface area contributed by atoms with E-state index in [4.69, 9.17) is 17.3 Å². The Labute approximate surface area is 112 Å². The van der Waals surface area contributed by atoms with E-state index in [0.29, 0.717) is 17.0 Å². The standard InChI is InChI=1S/C12H18ClN5/c13-10-7-15-12(14)16-11(10)18-6-2-5-17-4-1-3-9(17)8-18/h7,9H,1-6,8H2,(H2,14,15,16). The molecule has 1 unspecified atom stereocenters. The van der Waals surface area contributed by atoms with Crippen LogP contribution in [0.4, 0.5) is 11.8 Å². The Morgan fingerprint density at radius 2 is 2.11 bits per heavy atom. The van der Waals surface area contributed by atoms with E-state index in [2.05, 4.69) is 19.8 Å². The third kappa shape index (κ3) is 2.24. The molecule has 0 radical (unpaired) electrons. The van der Waals surface area contributed by atoms with Gasteiger partial charge in [0, 0.05) is 25.7 Å². The van der Waals surface area contributed by atoms with Crippen LogP contribution in [0.3, 0.4) is 0 Å². The molecule has 2 N–H and O–H groups in total. The molecule has 0 amide bonds. The Hall–Kier alpha value is -1.07. The minimum atomic E-state index is 0.293. The average molecular weight is 268 g/mol. The van der Waals surface area contributed by atoms with Gasteiger partial charge < -0.3 is 10.6 Å². The molecule has 3 heterocycles. The summed E-state index contributed by atoms with van der Waals surface area (Å²) in [4.78, 5) is 13.1. The quantitative estimate of drug-likeness (QED) is 0.833. The first-order chi connectivity index (χ1) is 8.74. The molecular formula is C12H18ClN5. The molecule has 2 aliphatic rings. The molecule has 0 spiro atoms. The number of aromatic nitrogens is 2. The molecule has 98 valence electrons. The van der Waals surface area contributed by atoms with E-state index >= 15 is 0 Å². The van der Waals surface area contributed by atoms with Gasteiger partial charge in [0.2, 0.25) is 5.95 Å². The molecule has 0 saturated carbocycles. The number of hydrogen-bond donors (Lipinski definition) is 1. The predicted octanol–water partition coefficient (Wildman–Crippen LogP) is 1.39. The van der Waals surface area contributed by atoms with E-state index in [9.17, 15) is 0 Å². The van der Waals surface area contributed by atoms with Gasteiger partial charge in [0.15, 0.2) is 5.82 Å². The van der Waals surface area contributed by atoms with E-state index < -0.39 is 0 Å². The lowest BCUT2D eigenvalue weighted by atomic mass is 10.2. The molecule has 2 aliphatic heterocycles. The van der Waals surface area contributed by atoms with Gasteiger partial charge >= 0.3 is 0 Å². The highest BCUT2D eigenvalue weighted by atomic mass is 35.5. The van der Waals surface area contributed by atoms with Crippen molar-refractivity contribution in [1.82, 2.24) is 14.9 Å². The zero-order valence-electron chi connectivity index (χ0n) is 10.3. The molecule has 0 aliphatic carbocycles. The molecule has 1 aromatic heterocycles. The highest BCUT2D eigenvalue weighted by Crippen LogP contribution is 2.28. The van der Waals surface area contributed by atoms with Crippen molar-refractivity contribution in [3.63, 3.8) is 0 Å². The summed E-state index contributed by atoms with van der Waals surface area (Å²) in [5.74, 6) is 1.08. The van der Waals surface area contributed by atoms with E-state index in [0.717, 1.165) is 25.3 Å². The Morgan fingerprint density at radius 3 is 3.00 bits per heavy atom. The van der Waals surface area contributed by atoms with Crippen molar-refractivity contribution < 1.29 is 0 Å². The topological polar surface area (TPSA) is 58.3 Å². The van der Waals surface area contributed by atoms with Crippen LogP contribution >= 0.6 is 11.6 Å². The summed E-state index contributed by atoms with van der Waals surface area (Å²) in [6, 6.07) is 0.639. The van der Waals surface area contributed by atoms with Crippen molar-refractivity contribution in [3.05, 3.63) is 11.2 Å². The lowest BCUT2D eigenvalue weighted by Crippen LogP contribution is -2.37. The summed E-state index contributed by atoms with van der Waals surface area (Å²) in [5.41, 5.74) is 5.66. The highest BCUT2D eigenvalue weighted by molar-refractivity contribution is 6.32. The number of hydrogen-bond acceptors (Lipinski definition) is 5. The maximum atomic E-state index is 6.19. The summed E-state index contributed by atoms with van der Waals surface area (Å²) in [6.45, 7) is 4.40. The van der Waals surface area contributed by atoms with Crippen molar-refractivity contribution in [3.8, 4) is 0 Å². The van der Waals surface area contributed by atoms with Gasteiger partial charge in [-0.05, 0) is 25.8 Å². The van der Waals surface area contributed by atoms with Crippen molar-refractivity contribution in [1.29, 1.82) is 0 Å². The van der Waals surface area contributed by atoms with E-state index in [1.165, 1.54) is 25.9 Å². The fraction of sp³-hybridized carbons (Fsp3) is 0.667. The molecule has 3 rings (SSSR count). The zero-order chi connectivity index (χ0) is 12.5. The lowest BCUT2D eigenvalue weighted by Gasteiger charge is -2.26.